The van der Waals surface area contributed by atoms with E-state index in [0.29, 0.717) is 0 Å². The summed E-state index contributed by atoms with van der Waals surface area (Å²) >= 11 is 0. The van der Waals surface area contributed by atoms with Crippen molar-refractivity contribution in [3.63, 3.8) is 0 Å². The van der Waals surface area contributed by atoms with E-state index in [4.69, 9.17) is 0 Å². The smallest absolute Gasteiger partial charge is 0.0292 e. The molecule has 0 aromatic heterocycles. The zero-order valence-electron chi connectivity index (χ0n) is 6.06. The topological polar surface area (TPSA) is 0 Å². The standard InChI is InChI=1S/C9H14/c1-9-4-2-6-7(3-5-9)8(6)9/h6-8H,2-5H2,1H3. The largest absolute Gasteiger partial charge is 0.0594 e. The zero-order chi connectivity index (χ0) is 6.06. The molecule has 0 radical (unpaired) electrons. The van der Waals surface area contributed by atoms with Crippen LogP contribution in [-0.2, 0) is 0 Å². The van der Waals surface area contributed by atoms with Crippen LogP contribution >= 0.6 is 0 Å². The molecule has 3 fully saturated rings. The average Bonchev–Trinajstić information content (AvgIpc) is 2.36. The molecule has 9 heavy (non-hydrogen) atoms. The van der Waals surface area contributed by atoms with Gasteiger partial charge in [0.1, 0.15) is 0 Å². The summed E-state index contributed by atoms with van der Waals surface area (Å²) in [5, 5.41) is 0. The Balaban J connectivity index is 2.05. The van der Waals surface area contributed by atoms with Crippen molar-refractivity contribution in [2.75, 3.05) is 0 Å². The second-order valence-electron chi connectivity index (χ2n) is 4.58. The highest BCUT2D eigenvalue weighted by Gasteiger charge is 2.66. The van der Waals surface area contributed by atoms with Crippen LogP contribution in [0, 0.1) is 23.2 Å². The van der Waals surface area contributed by atoms with Gasteiger partial charge in [-0.1, -0.05) is 6.92 Å². The molecule has 0 bridgehead atoms. The first-order valence-electron chi connectivity index (χ1n) is 4.31. The molecule has 0 saturated heterocycles. The Kier molecular flexibility index (Phi) is 0.574. The summed E-state index contributed by atoms with van der Waals surface area (Å²) in [5.41, 5.74) is 0.843. The normalized spacial score (nSPS) is 68.3. The van der Waals surface area contributed by atoms with Crippen LogP contribution in [0.15, 0.2) is 0 Å². The molecule has 0 heterocycles. The van der Waals surface area contributed by atoms with E-state index in [2.05, 4.69) is 6.92 Å². The van der Waals surface area contributed by atoms with Crippen molar-refractivity contribution in [1.29, 1.82) is 0 Å². The third-order valence-corrected chi connectivity index (χ3v) is 4.23. The van der Waals surface area contributed by atoms with Gasteiger partial charge in [0.05, 0.1) is 0 Å². The Morgan fingerprint density at radius 1 is 1.11 bits per heavy atom. The number of fused-ring (bicyclic) bond motifs is 1. The Morgan fingerprint density at radius 3 is 2.00 bits per heavy atom. The van der Waals surface area contributed by atoms with Crippen molar-refractivity contribution >= 4 is 0 Å². The van der Waals surface area contributed by atoms with Crippen molar-refractivity contribution in [3.05, 3.63) is 0 Å². The predicted molar refractivity (Wildman–Crippen MR) is 37.0 cm³/mol. The second-order valence-corrected chi connectivity index (χ2v) is 4.58. The van der Waals surface area contributed by atoms with E-state index >= 15 is 0 Å². The highest BCUT2D eigenvalue weighted by atomic mass is 14.7. The molecule has 0 aromatic carbocycles. The molecule has 2 atom stereocenters. The predicted octanol–water partition coefficient (Wildman–Crippen LogP) is 2.44. The van der Waals surface area contributed by atoms with Crippen LogP contribution in [-0.4, -0.2) is 0 Å². The van der Waals surface area contributed by atoms with Gasteiger partial charge in [-0.15, -0.1) is 0 Å². The maximum Gasteiger partial charge on any atom is -0.0292 e. The maximum atomic E-state index is 2.52. The summed E-state index contributed by atoms with van der Waals surface area (Å²) in [6, 6.07) is 0. The van der Waals surface area contributed by atoms with Gasteiger partial charge in [-0.05, 0) is 48.9 Å². The molecule has 0 aliphatic heterocycles. The zero-order valence-corrected chi connectivity index (χ0v) is 6.06. The SMILES string of the molecule is CC12CCC3C(CC1)C32. The van der Waals surface area contributed by atoms with Gasteiger partial charge in [0.15, 0.2) is 0 Å². The summed E-state index contributed by atoms with van der Waals surface area (Å²) < 4.78 is 0. The molecular formula is C9H14. The Labute approximate surface area is 56.6 Å². The molecule has 50 valence electrons. The van der Waals surface area contributed by atoms with E-state index in [-0.39, 0.29) is 0 Å². The van der Waals surface area contributed by atoms with E-state index in [1.165, 1.54) is 17.8 Å². The first kappa shape index (κ1) is 4.76. The van der Waals surface area contributed by atoms with Crippen LogP contribution in [0.1, 0.15) is 32.6 Å². The van der Waals surface area contributed by atoms with Crippen LogP contribution in [0.5, 0.6) is 0 Å². The van der Waals surface area contributed by atoms with E-state index in [0.717, 1.165) is 5.41 Å². The van der Waals surface area contributed by atoms with Crippen molar-refractivity contribution in [3.8, 4) is 0 Å². The average molecular weight is 122 g/mol. The molecule has 0 spiro atoms. The molecule has 0 amide bonds. The molecule has 0 aromatic rings. The molecule has 2 unspecified atom stereocenters. The van der Waals surface area contributed by atoms with E-state index in [1.54, 1.807) is 25.7 Å². The lowest BCUT2D eigenvalue weighted by Gasteiger charge is -2.19. The second kappa shape index (κ2) is 1.09. The van der Waals surface area contributed by atoms with Crippen LogP contribution in [0.25, 0.3) is 0 Å². The Morgan fingerprint density at radius 2 is 1.67 bits per heavy atom. The Bertz CT molecular complexity index is 145. The number of hydrogen-bond acceptors (Lipinski definition) is 0. The quantitative estimate of drug-likeness (QED) is 0.463. The van der Waals surface area contributed by atoms with Gasteiger partial charge in [0.2, 0.25) is 0 Å². The minimum atomic E-state index is 0.843. The molecular weight excluding hydrogens is 108 g/mol. The summed E-state index contributed by atoms with van der Waals surface area (Å²) in [4.78, 5) is 0. The van der Waals surface area contributed by atoms with E-state index < -0.39 is 0 Å². The fraction of sp³-hybridized carbons (Fsp3) is 1.00. The number of rotatable bonds is 0. The lowest BCUT2D eigenvalue weighted by atomic mass is 9.86. The molecule has 3 saturated carbocycles. The first-order valence-corrected chi connectivity index (χ1v) is 4.31. The first-order chi connectivity index (χ1) is 4.31. The van der Waals surface area contributed by atoms with Crippen LogP contribution in [0.3, 0.4) is 0 Å². The lowest BCUT2D eigenvalue weighted by Crippen LogP contribution is -2.10. The summed E-state index contributed by atoms with van der Waals surface area (Å²) in [6.45, 7) is 2.52. The van der Waals surface area contributed by atoms with Crippen molar-refractivity contribution < 1.29 is 0 Å². The van der Waals surface area contributed by atoms with Gasteiger partial charge >= 0.3 is 0 Å². The maximum absolute atomic E-state index is 2.52. The molecule has 3 aliphatic carbocycles. The molecule has 0 nitrogen and oxygen atoms in total. The van der Waals surface area contributed by atoms with E-state index in [9.17, 15) is 0 Å². The minimum Gasteiger partial charge on any atom is -0.0594 e. The van der Waals surface area contributed by atoms with E-state index in [1.807, 2.05) is 0 Å². The molecule has 0 heteroatoms. The molecule has 3 rings (SSSR count). The van der Waals surface area contributed by atoms with Gasteiger partial charge in [-0.2, -0.15) is 0 Å². The van der Waals surface area contributed by atoms with Crippen molar-refractivity contribution in [1.82, 2.24) is 0 Å². The summed E-state index contributed by atoms with van der Waals surface area (Å²) in [5.74, 6) is 3.63. The van der Waals surface area contributed by atoms with Crippen LogP contribution in [0.2, 0.25) is 0 Å². The fourth-order valence-electron chi connectivity index (χ4n) is 3.72. The highest BCUT2D eigenvalue weighted by molar-refractivity contribution is 5.15. The van der Waals surface area contributed by atoms with Gasteiger partial charge in [0.25, 0.3) is 0 Å². The fourth-order valence-corrected chi connectivity index (χ4v) is 3.72. The Hall–Kier alpha value is 0. The summed E-state index contributed by atoms with van der Waals surface area (Å²) in [7, 11) is 0. The van der Waals surface area contributed by atoms with Crippen LogP contribution in [0.4, 0.5) is 0 Å². The van der Waals surface area contributed by atoms with Crippen molar-refractivity contribution in [2.24, 2.45) is 23.2 Å². The van der Waals surface area contributed by atoms with Crippen molar-refractivity contribution in [2.45, 2.75) is 32.6 Å². The lowest BCUT2D eigenvalue weighted by molar-refractivity contribution is 0.307. The third-order valence-electron chi connectivity index (χ3n) is 4.23. The monoisotopic (exact) mass is 122 g/mol. The summed E-state index contributed by atoms with van der Waals surface area (Å²) in [6.07, 6.45) is 6.26. The number of hydrogen-bond donors (Lipinski definition) is 0. The van der Waals surface area contributed by atoms with Crippen LogP contribution < -0.4 is 0 Å². The van der Waals surface area contributed by atoms with Gasteiger partial charge in [-0.3, -0.25) is 0 Å². The minimum absolute atomic E-state index is 0.843. The van der Waals surface area contributed by atoms with Gasteiger partial charge < -0.3 is 0 Å². The third kappa shape index (κ3) is 0.367. The van der Waals surface area contributed by atoms with Gasteiger partial charge in [0, 0.05) is 0 Å². The van der Waals surface area contributed by atoms with Gasteiger partial charge in [-0.25, -0.2) is 0 Å². The molecule has 3 aliphatic rings. The molecule has 0 N–H and O–H groups in total. The highest BCUT2D eigenvalue weighted by Crippen LogP contribution is 2.74.